The summed E-state index contributed by atoms with van der Waals surface area (Å²) in [5.41, 5.74) is 5.72. The smallest absolute Gasteiger partial charge is 0.373 e. The lowest BCUT2D eigenvalue weighted by Gasteiger charge is -2.10. The van der Waals surface area contributed by atoms with Crippen LogP contribution >= 0.6 is 0 Å². The molecule has 0 bridgehead atoms. The Bertz CT molecular complexity index is 663. The van der Waals surface area contributed by atoms with E-state index in [-0.39, 0.29) is 5.82 Å². The Balaban J connectivity index is 2.65. The summed E-state index contributed by atoms with van der Waals surface area (Å²) < 4.78 is 0. The molecule has 1 aromatic carbocycles. The maximum absolute atomic E-state index is 11.0. The first-order valence-corrected chi connectivity index (χ1v) is 6.05. The Morgan fingerprint density at radius 3 is 2.21 bits per heavy atom. The van der Waals surface area contributed by atoms with Crippen LogP contribution in [-0.4, -0.2) is 21.0 Å². The summed E-state index contributed by atoms with van der Waals surface area (Å²) in [7, 11) is 0. The number of hydrogen-bond donors (Lipinski definition) is 1. The molecule has 0 aliphatic carbocycles. The van der Waals surface area contributed by atoms with Crippen molar-refractivity contribution in [2.75, 3.05) is 0 Å². The number of aromatic nitrogens is 2. The van der Waals surface area contributed by atoms with Crippen molar-refractivity contribution in [3.05, 3.63) is 46.4 Å². The molecular weight excluding hydrogens is 240 g/mol. The van der Waals surface area contributed by atoms with E-state index in [2.05, 4.69) is 23.0 Å². The molecule has 1 aromatic heterocycles. The van der Waals surface area contributed by atoms with Crippen molar-refractivity contribution in [3.8, 4) is 11.3 Å². The number of carbonyl (C=O) groups is 1. The van der Waals surface area contributed by atoms with Gasteiger partial charge in [-0.15, -0.1) is 0 Å². The lowest BCUT2D eigenvalue weighted by molar-refractivity contribution is 0.0683. The van der Waals surface area contributed by atoms with Crippen LogP contribution in [0.2, 0.25) is 0 Å². The van der Waals surface area contributed by atoms with Crippen LogP contribution in [-0.2, 0) is 0 Å². The van der Waals surface area contributed by atoms with Crippen LogP contribution in [0.5, 0.6) is 0 Å². The highest BCUT2D eigenvalue weighted by Gasteiger charge is 2.12. The van der Waals surface area contributed by atoms with Crippen molar-refractivity contribution >= 4 is 5.97 Å². The third-order valence-corrected chi connectivity index (χ3v) is 3.16. The standard InChI is InChI=1S/C15H16N2O2/c1-8-5-10(3)12(6-9(8)2)13-7-11(4)16-14(17-13)15(18)19/h5-7H,1-4H3,(H,18,19). The molecule has 0 atom stereocenters. The zero-order valence-corrected chi connectivity index (χ0v) is 11.5. The highest BCUT2D eigenvalue weighted by atomic mass is 16.4. The minimum absolute atomic E-state index is 0.160. The van der Waals surface area contributed by atoms with Crippen molar-refractivity contribution in [3.63, 3.8) is 0 Å². The number of carboxylic acids is 1. The lowest BCUT2D eigenvalue weighted by Crippen LogP contribution is -2.06. The molecule has 19 heavy (non-hydrogen) atoms. The van der Waals surface area contributed by atoms with Crippen molar-refractivity contribution in [2.24, 2.45) is 0 Å². The summed E-state index contributed by atoms with van der Waals surface area (Å²) in [6, 6.07) is 5.93. The first kappa shape index (κ1) is 13.2. The molecule has 4 nitrogen and oxygen atoms in total. The molecule has 0 unspecified atom stereocenters. The van der Waals surface area contributed by atoms with Gasteiger partial charge in [0.15, 0.2) is 0 Å². The summed E-state index contributed by atoms with van der Waals surface area (Å²) in [5.74, 6) is -1.26. The zero-order valence-electron chi connectivity index (χ0n) is 11.5. The number of nitrogens with zero attached hydrogens (tertiary/aromatic N) is 2. The molecule has 2 rings (SSSR count). The summed E-state index contributed by atoms with van der Waals surface area (Å²) in [5, 5.41) is 9.02. The van der Waals surface area contributed by atoms with E-state index in [0.29, 0.717) is 11.4 Å². The maximum Gasteiger partial charge on any atom is 0.373 e. The first-order chi connectivity index (χ1) is 8.88. The Hall–Kier alpha value is -2.23. The Labute approximate surface area is 112 Å². The van der Waals surface area contributed by atoms with Gasteiger partial charge >= 0.3 is 5.97 Å². The first-order valence-electron chi connectivity index (χ1n) is 6.05. The molecule has 0 amide bonds. The SMILES string of the molecule is Cc1cc(-c2cc(C)c(C)cc2C)nc(C(=O)O)n1. The highest BCUT2D eigenvalue weighted by molar-refractivity contribution is 5.84. The molecule has 0 aliphatic rings. The van der Waals surface area contributed by atoms with Crippen molar-refractivity contribution in [1.82, 2.24) is 9.97 Å². The number of benzene rings is 1. The van der Waals surface area contributed by atoms with Crippen LogP contribution in [0.3, 0.4) is 0 Å². The second-order valence-electron chi connectivity index (χ2n) is 4.77. The summed E-state index contributed by atoms with van der Waals surface area (Å²) in [4.78, 5) is 19.1. The number of carboxylic acid groups (broad SMARTS) is 1. The second-order valence-corrected chi connectivity index (χ2v) is 4.77. The van der Waals surface area contributed by atoms with Gasteiger partial charge in [-0.05, 0) is 56.5 Å². The van der Waals surface area contributed by atoms with Crippen LogP contribution in [0, 0.1) is 27.7 Å². The van der Waals surface area contributed by atoms with E-state index in [1.54, 1.807) is 6.92 Å². The van der Waals surface area contributed by atoms with Gasteiger partial charge in [0.1, 0.15) is 0 Å². The molecule has 98 valence electrons. The molecule has 0 fully saturated rings. The molecule has 0 saturated heterocycles. The number of rotatable bonds is 2. The van der Waals surface area contributed by atoms with Gasteiger partial charge in [0.2, 0.25) is 5.82 Å². The van der Waals surface area contributed by atoms with E-state index in [1.807, 2.05) is 26.0 Å². The van der Waals surface area contributed by atoms with Gasteiger partial charge in [-0.2, -0.15) is 0 Å². The van der Waals surface area contributed by atoms with Gasteiger partial charge in [0, 0.05) is 11.3 Å². The number of aryl methyl sites for hydroxylation is 4. The average molecular weight is 256 g/mol. The molecule has 4 heteroatoms. The maximum atomic E-state index is 11.0. The Morgan fingerprint density at radius 1 is 0.947 bits per heavy atom. The number of hydrogen-bond acceptors (Lipinski definition) is 3. The minimum atomic E-state index is -1.11. The molecule has 0 saturated carbocycles. The molecule has 1 N–H and O–H groups in total. The lowest BCUT2D eigenvalue weighted by atomic mass is 9.98. The van der Waals surface area contributed by atoms with Crippen LogP contribution < -0.4 is 0 Å². The Morgan fingerprint density at radius 2 is 1.58 bits per heavy atom. The van der Waals surface area contributed by atoms with Crippen LogP contribution in [0.15, 0.2) is 18.2 Å². The second kappa shape index (κ2) is 4.80. The molecule has 1 heterocycles. The quantitative estimate of drug-likeness (QED) is 0.896. The fourth-order valence-corrected chi connectivity index (χ4v) is 2.04. The van der Waals surface area contributed by atoms with Gasteiger partial charge in [-0.25, -0.2) is 14.8 Å². The predicted molar refractivity (Wildman–Crippen MR) is 73.4 cm³/mol. The largest absolute Gasteiger partial charge is 0.475 e. The molecule has 0 radical (unpaired) electrons. The van der Waals surface area contributed by atoms with Gasteiger partial charge in [0.05, 0.1) is 5.69 Å². The van der Waals surface area contributed by atoms with Crippen LogP contribution in [0.4, 0.5) is 0 Å². The van der Waals surface area contributed by atoms with E-state index in [0.717, 1.165) is 16.7 Å². The van der Waals surface area contributed by atoms with Gasteiger partial charge < -0.3 is 5.11 Å². The van der Waals surface area contributed by atoms with Gasteiger partial charge in [-0.1, -0.05) is 6.07 Å². The fraction of sp³-hybridized carbons (Fsp3) is 0.267. The fourth-order valence-electron chi connectivity index (χ4n) is 2.04. The molecule has 2 aromatic rings. The monoisotopic (exact) mass is 256 g/mol. The third kappa shape index (κ3) is 2.62. The van der Waals surface area contributed by atoms with E-state index in [1.165, 1.54) is 5.56 Å². The van der Waals surface area contributed by atoms with E-state index >= 15 is 0 Å². The molecular formula is C15H16N2O2. The minimum Gasteiger partial charge on any atom is -0.475 e. The van der Waals surface area contributed by atoms with Crippen molar-refractivity contribution in [1.29, 1.82) is 0 Å². The summed E-state index contributed by atoms with van der Waals surface area (Å²) in [6.07, 6.45) is 0. The predicted octanol–water partition coefficient (Wildman–Crippen LogP) is 3.08. The topological polar surface area (TPSA) is 63.1 Å². The highest BCUT2D eigenvalue weighted by Crippen LogP contribution is 2.25. The molecule has 0 aliphatic heterocycles. The summed E-state index contributed by atoms with van der Waals surface area (Å²) >= 11 is 0. The van der Waals surface area contributed by atoms with E-state index in [4.69, 9.17) is 5.11 Å². The molecule has 0 spiro atoms. The van der Waals surface area contributed by atoms with Crippen LogP contribution in [0.25, 0.3) is 11.3 Å². The Kier molecular flexibility index (Phi) is 3.34. The van der Waals surface area contributed by atoms with E-state index in [9.17, 15) is 4.79 Å². The third-order valence-electron chi connectivity index (χ3n) is 3.16. The normalized spacial score (nSPS) is 10.5. The van der Waals surface area contributed by atoms with Crippen molar-refractivity contribution in [2.45, 2.75) is 27.7 Å². The van der Waals surface area contributed by atoms with Gasteiger partial charge in [-0.3, -0.25) is 0 Å². The van der Waals surface area contributed by atoms with Crippen molar-refractivity contribution < 1.29 is 9.90 Å². The van der Waals surface area contributed by atoms with Crippen LogP contribution in [0.1, 0.15) is 33.0 Å². The summed E-state index contributed by atoms with van der Waals surface area (Å²) in [6.45, 7) is 7.86. The zero-order chi connectivity index (χ0) is 14.2. The van der Waals surface area contributed by atoms with Gasteiger partial charge in [0.25, 0.3) is 0 Å². The van der Waals surface area contributed by atoms with E-state index < -0.39 is 5.97 Å². The average Bonchev–Trinajstić information content (AvgIpc) is 2.33. The number of aromatic carboxylic acids is 1.